The van der Waals surface area contributed by atoms with Gasteiger partial charge >= 0.3 is 0 Å². The smallest absolute Gasteiger partial charge is 0.226 e. The Morgan fingerprint density at radius 3 is 2.75 bits per heavy atom. The van der Waals surface area contributed by atoms with Crippen LogP contribution in [-0.2, 0) is 18.3 Å². The number of aliphatic hydroxyl groups excluding tert-OH is 1. The summed E-state index contributed by atoms with van der Waals surface area (Å²) in [6.45, 7) is 1.95. The van der Waals surface area contributed by atoms with E-state index in [9.17, 15) is 9.90 Å². The fourth-order valence-corrected chi connectivity index (χ4v) is 3.10. The van der Waals surface area contributed by atoms with Gasteiger partial charge in [-0.3, -0.25) is 9.48 Å². The summed E-state index contributed by atoms with van der Waals surface area (Å²) in [7, 11) is 1.83. The first kappa shape index (κ1) is 15.0. The third-order valence-corrected chi connectivity index (χ3v) is 4.37. The minimum absolute atomic E-state index is 0.00831. The average Bonchev–Trinajstić information content (AvgIpc) is 2.84. The second kappa shape index (κ2) is 6.39. The van der Waals surface area contributed by atoms with Crippen molar-refractivity contribution in [1.82, 2.24) is 15.1 Å². The van der Waals surface area contributed by atoms with Crippen molar-refractivity contribution in [2.45, 2.75) is 51.0 Å². The average molecular weight is 279 g/mol. The van der Waals surface area contributed by atoms with Crippen LogP contribution in [0, 0.1) is 5.92 Å². The standard InChI is InChI=1S/C15H25N3O2/c1-15(11-19,12-6-4-3-5-7-12)16-14(20)10-13-8-9-18(2)17-13/h8-9,12,19H,3-7,10-11H2,1-2H3,(H,16,20)/t15-/m0/s1. The number of carbonyl (C=O) groups excluding carboxylic acids is 1. The molecule has 112 valence electrons. The Kier molecular flexibility index (Phi) is 4.81. The van der Waals surface area contributed by atoms with Crippen LogP contribution in [0.25, 0.3) is 0 Å². The van der Waals surface area contributed by atoms with E-state index in [0.29, 0.717) is 5.92 Å². The molecule has 0 aromatic carbocycles. The second-order valence-corrected chi connectivity index (χ2v) is 6.12. The summed E-state index contributed by atoms with van der Waals surface area (Å²) in [5.41, 5.74) is 0.251. The van der Waals surface area contributed by atoms with Gasteiger partial charge in [-0.15, -0.1) is 0 Å². The van der Waals surface area contributed by atoms with E-state index >= 15 is 0 Å². The van der Waals surface area contributed by atoms with Crippen molar-refractivity contribution in [1.29, 1.82) is 0 Å². The molecule has 1 fully saturated rings. The Morgan fingerprint density at radius 2 is 2.20 bits per heavy atom. The van der Waals surface area contributed by atoms with Crippen LogP contribution in [0.1, 0.15) is 44.7 Å². The van der Waals surface area contributed by atoms with Crippen LogP contribution in [0.5, 0.6) is 0 Å². The van der Waals surface area contributed by atoms with Gasteiger partial charge in [0.2, 0.25) is 5.91 Å². The summed E-state index contributed by atoms with van der Waals surface area (Å²) in [6.07, 6.45) is 7.91. The van der Waals surface area contributed by atoms with Gasteiger partial charge in [0.1, 0.15) is 0 Å². The molecule has 0 spiro atoms. The number of aromatic nitrogens is 2. The quantitative estimate of drug-likeness (QED) is 0.856. The van der Waals surface area contributed by atoms with E-state index in [1.54, 1.807) is 4.68 Å². The predicted molar refractivity (Wildman–Crippen MR) is 77.1 cm³/mol. The van der Waals surface area contributed by atoms with Gasteiger partial charge in [-0.25, -0.2) is 0 Å². The number of carbonyl (C=O) groups is 1. The number of nitrogens with zero attached hydrogens (tertiary/aromatic N) is 2. The van der Waals surface area contributed by atoms with E-state index in [2.05, 4.69) is 10.4 Å². The number of hydrogen-bond donors (Lipinski definition) is 2. The molecule has 2 N–H and O–H groups in total. The van der Waals surface area contributed by atoms with Crippen LogP contribution in [0.2, 0.25) is 0 Å². The maximum atomic E-state index is 12.2. The van der Waals surface area contributed by atoms with Gasteiger partial charge in [0.15, 0.2) is 0 Å². The summed E-state index contributed by atoms with van der Waals surface area (Å²) in [4.78, 5) is 12.2. The lowest BCUT2D eigenvalue weighted by atomic mass is 9.76. The lowest BCUT2D eigenvalue weighted by molar-refractivity contribution is -0.123. The largest absolute Gasteiger partial charge is 0.394 e. The van der Waals surface area contributed by atoms with Gasteiger partial charge in [-0.2, -0.15) is 5.10 Å². The molecule has 0 aliphatic heterocycles. The Morgan fingerprint density at radius 1 is 1.50 bits per heavy atom. The van der Waals surface area contributed by atoms with Crippen LogP contribution in [0.4, 0.5) is 0 Å². The Hall–Kier alpha value is -1.36. The normalized spacial score (nSPS) is 19.6. The number of rotatable bonds is 5. The molecule has 1 aromatic rings. The third-order valence-electron chi connectivity index (χ3n) is 4.37. The molecule has 1 saturated carbocycles. The van der Waals surface area contributed by atoms with Crippen LogP contribution in [-0.4, -0.2) is 32.9 Å². The Bertz CT molecular complexity index is 452. The molecule has 0 unspecified atom stereocenters. The van der Waals surface area contributed by atoms with E-state index in [4.69, 9.17) is 0 Å². The van der Waals surface area contributed by atoms with Gasteiger partial charge in [-0.05, 0) is 31.7 Å². The summed E-state index contributed by atoms with van der Waals surface area (Å²) >= 11 is 0. The number of amides is 1. The minimum atomic E-state index is -0.508. The molecule has 0 saturated heterocycles. The van der Waals surface area contributed by atoms with Crippen LogP contribution >= 0.6 is 0 Å². The molecule has 1 aromatic heterocycles. The molecular weight excluding hydrogens is 254 g/mol. The molecule has 5 heteroatoms. The van der Waals surface area contributed by atoms with Crippen molar-refractivity contribution >= 4 is 5.91 Å². The van der Waals surface area contributed by atoms with Crippen LogP contribution in [0.15, 0.2) is 12.3 Å². The molecular formula is C15H25N3O2. The topological polar surface area (TPSA) is 67.2 Å². The minimum Gasteiger partial charge on any atom is -0.394 e. The molecule has 2 rings (SSSR count). The fourth-order valence-electron chi connectivity index (χ4n) is 3.10. The van der Waals surface area contributed by atoms with Crippen molar-refractivity contribution in [3.8, 4) is 0 Å². The summed E-state index contributed by atoms with van der Waals surface area (Å²) < 4.78 is 1.69. The molecule has 1 heterocycles. The maximum absolute atomic E-state index is 12.2. The maximum Gasteiger partial charge on any atom is 0.226 e. The summed E-state index contributed by atoms with van der Waals surface area (Å²) in [5, 5.41) is 17.0. The first-order valence-electron chi connectivity index (χ1n) is 7.44. The lowest BCUT2D eigenvalue weighted by Crippen LogP contribution is -2.55. The molecule has 1 atom stereocenters. The van der Waals surface area contributed by atoms with Crippen LogP contribution < -0.4 is 5.32 Å². The van der Waals surface area contributed by atoms with Gasteiger partial charge in [0.25, 0.3) is 0 Å². The highest BCUT2D eigenvalue weighted by molar-refractivity contribution is 5.78. The number of hydrogen-bond acceptors (Lipinski definition) is 3. The Labute approximate surface area is 120 Å². The van der Waals surface area contributed by atoms with E-state index in [1.165, 1.54) is 19.3 Å². The van der Waals surface area contributed by atoms with Gasteiger partial charge < -0.3 is 10.4 Å². The monoisotopic (exact) mass is 279 g/mol. The number of aryl methyl sites for hydroxylation is 1. The SMILES string of the molecule is Cn1ccc(CC(=O)N[C@@](C)(CO)C2CCCCC2)n1. The zero-order valence-corrected chi connectivity index (χ0v) is 12.4. The van der Waals surface area contributed by atoms with Crippen molar-refractivity contribution in [3.05, 3.63) is 18.0 Å². The predicted octanol–water partition coefficient (Wildman–Crippen LogP) is 1.41. The number of nitrogens with one attached hydrogen (secondary N) is 1. The molecule has 1 aliphatic carbocycles. The highest BCUT2D eigenvalue weighted by Crippen LogP contribution is 2.32. The second-order valence-electron chi connectivity index (χ2n) is 6.12. The lowest BCUT2D eigenvalue weighted by Gasteiger charge is -2.39. The fraction of sp³-hybridized carbons (Fsp3) is 0.733. The summed E-state index contributed by atoms with van der Waals surface area (Å²) in [5.74, 6) is 0.305. The molecule has 1 aliphatic rings. The van der Waals surface area contributed by atoms with E-state index in [0.717, 1.165) is 18.5 Å². The molecule has 0 radical (unpaired) electrons. The third kappa shape index (κ3) is 3.60. The Balaban J connectivity index is 1.95. The van der Waals surface area contributed by atoms with Crippen LogP contribution in [0.3, 0.4) is 0 Å². The van der Waals surface area contributed by atoms with Gasteiger partial charge in [0.05, 0.1) is 24.3 Å². The number of aliphatic hydroxyl groups is 1. The van der Waals surface area contributed by atoms with Crippen molar-refractivity contribution in [2.75, 3.05) is 6.61 Å². The molecule has 20 heavy (non-hydrogen) atoms. The van der Waals surface area contributed by atoms with E-state index in [-0.39, 0.29) is 18.9 Å². The first-order chi connectivity index (χ1) is 9.53. The highest BCUT2D eigenvalue weighted by Gasteiger charge is 2.35. The van der Waals surface area contributed by atoms with Crippen molar-refractivity contribution in [2.24, 2.45) is 13.0 Å². The molecule has 0 bridgehead atoms. The van der Waals surface area contributed by atoms with E-state index in [1.807, 2.05) is 26.2 Å². The zero-order valence-electron chi connectivity index (χ0n) is 12.4. The first-order valence-corrected chi connectivity index (χ1v) is 7.44. The zero-order chi connectivity index (χ0) is 14.6. The van der Waals surface area contributed by atoms with Gasteiger partial charge in [-0.1, -0.05) is 19.3 Å². The van der Waals surface area contributed by atoms with E-state index < -0.39 is 5.54 Å². The van der Waals surface area contributed by atoms with Gasteiger partial charge in [0, 0.05) is 13.2 Å². The van der Waals surface area contributed by atoms with Crippen molar-refractivity contribution < 1.29 is 9.90 Å². The molecule has 5 nitrogen and oxygen atoms in total. The highest BCUT2D eigenvalue weighted by atomic mass is 16.3. The summed E-state index contributed by atoms with van der Waals surface area (Å²) in [6, 6.07) is 1.84. The molecule has 1 amide bonds. The van der Waals surface area contributed by atoms with Crippen molar-refractivity contribution in [3.63, 3.8) is 0 Å².